The van der Waals surface area contributed by atoms with Crippen molar-refractivity contribution in [2.75, 3.05) is 0 Å². The van der Waals surface area contributed by atoms with Crippen molar-refractivity contribution in [2.24, 2.45) is 0 Å². The van der Waals surface area contributed by atoms with Gasteiger partial charge in [0.2, 0.25) is 0 Å². The van der Waals surface area contributed by atoms with Crippen molar-refractivity contribution < 1.29 is 61.3 Å². The molecule has 0 saturated carbocycles. The molecule has 0 unspecified atom stereocenters. The van der Waals surface area contributed by atoms with Gasteiger partial charge in [-0.15, -0.1) is 0 Å². The Bertz CT molecular complexity index is 234. The van der Waals surface area contributed by atoms with E-state index in [-0.39, 0.29) is 57.8 Å². The predicted octanol–water partition coefficient (Wildman–Crippen LogP) is -1.79. The van der Waals surface area contributed by atoms with Gasteiger partial charge in [-0.2, -0.15) is 11.3 Å². The Morgan fingerprint density at radius 1 is 1.46 bits per heavy atom. The summed E-state index contributed by atoms with van der Waals surface area (Å²) in [6.07, 6.45) is 2.82. The Morgan fingerprint density at radius 2 is 2.23 bits per heavy atom. The molecule has 1 aromatic rings. The predicted molar refractivity (Wildman–Crippen MR) is 46.9 cm³/mol. The molecule has 0 spiro atoms. The Balaban J connectivity index is 0.00000144. The van der Waals surface area contributed by atoms with E-state index in [0.29, 0.717) is 0 Å². The Kier molecular flexibility index (Phi) is 8.65. The van der Waals surface area contributed by atoms with Gasteiger partial charge in [0.25, 0.3) is 0 Å². The van der Waals surface area contributed by atoms with Gasteiger partial charge in [-0.1, -0.05) is 0 Å². The number of carbonyl (C=O) groups is 1. The fraction of sp³-hybridized carbons (Fsp3) is 0.444. The van der Waals surface area contributed by atoms with Crippen LogP contribution in [0.3, 0.4) is 0 Å². The molecular formula is C9H11KO2S. The summed E-state index contributed by atoms with van der Waals surface area (Å²) in [5, 5.41) is 14.2. The summed E-state index contributed by atoms with van der Waals surface area (Å²) < 4.78 is 0. The number of carbonyl (C=O) groups excluding carboxylic acids is 1. The molecule has 0 fully saturated rings. The van der Waals surface area contributed by atoms with E-state index in [0.717, 1.165) is 19.3 Å². The fourth-order valence-electron chi connectivity index (χ4n) is 1.03. The summed E-state index contributed by atoms with van der Waals surface area (Å²) >= 11 is 1.68. The van der Waals surface area contributed by atoms with Crippen LogP contribution in [-0.2, 0) is 11.2 Å². The van der Waals surface area contributed by atoms with Crippen LogP contribution >= 0.6 is 11.3 Å². The van der Waals surface area contributed by atoms with Crippen LogP contribution in [0.1, 0.15) is 24.8 Å². The molecule has 66 valence electrons. The van der Waals surface area contributed by atoms with Gasteiger partial charge >= 0.3 is 51.4 Å². The summed E-state index contributed by atoms with van der Waals surface area (Å²) in [7, 11) is 0. The van der Waals surface area contributed by atoms with Gasteiger partial charge in [0.15, 0.2) is 0 Å². The average Bonchev–Trinajstić information content (AvgIpc) is 2.49. The first-order valence-corrected chi connectivity index (χ1v) is 4.94. The Labute approximate surface area is 125 Å². The zero-order valence-electron chi connectivity index (χ0n) is 7.79. The normalized spacial score (nSPS) is 9.23. The fourth-order valence-corrected chi connectivity index (χ4v) is 1.74. The summed E-state index contributed by atoms with van der Waals surface area (Å²) in [5.74, 6) is -0.944. The van der Waals surface area contributed by atoms with Crippen molar-refractivity contribution in [3.63, 3.8) is 0 Å². The third-order valence-electron chi connectivity index (χ3n) is 1.68. The topological polar surface area (TPSA) is 40.1 Å². The van der Waals surface area contributed by atoms with E-state index in [4.69, 9.17) is 0 Å². The first-order chi connectivity index (χ1) is 5.79. The molecule has 0 atom stereocenters. The van der Waals surface area contributed by atoms with E-state index in [1.165, 1.54) is 5.56 Å². The molecule has 1 rings (SSSR count). The number of carboxylic acids is 1. The maximum Gasteiger partial charge on any atom is 1.00 e. The summed E-state index contributed by atoms with van der Waals surface area (Å²) in [6.45, 7) is 0. The van der Waals surface area contributed by atoms with Crippen molar-refractivity contribution >= 4 is 17.3 Å². The van der Waals surface area contributed by atoms with Crippen molar-refractivity contribution in [3.05, 3.63) is 22.4 Å². The van der Waals surface area contributed by atoms with Gasteiger partial charge in [0.05, 0.1) is 0 Å². The van der Waals surface area contributed by atoms with Crippen molar-refractivity contribution in [3.8, 4) is 0 Å². The second-order valence-corrected chi connectivity index (χ2v) is 3.49. The molecule has 0 aliphatic rings. The van der Waals surface area contributed by atoms with Crippen LogP contribution < -0.4 is 56.5 Å². The monoisotopic (exact) mass is 222 g/mol. The maximum atomic E-state index is 10.1. The molecule has 13 heavy (non-hydrogen) atoms. The molecule has 4 heteroatoms. The van der Waals surface area contributed by atoms with Crippen LogP contribution in [0.4, 0.5) is 0 Å². The smallest absolute Gasteiger partial charge is 0.550 e. The van der Waals surface area contributed by atoms with Gasteiger partial charge < -0.3 is 9.90 Å². The van der Waals surface area contributed by atoms with Crippen molar-refractivity contribution in [1.82, 2.24) is 0 Å². The first kappa shape index (κ1) is 13.8. The molecule has 0 aromatic carbocycles. The second-order valence-electron chi connectivity index (χ2n) is 2.71. The molecule has 0 bridgehead atoms. The molecule has 0 amide bonds. The largest absolute Gasteiger partial charge is 1.00 e. The van der Waals surface area contributed by atoms with Crippen LogP contribution in [0.15, 0.2) is 16.8 Å². The van der Waals surface area contributed by atoms with Gasteiger partial charge in [0.1, 0.15) is 0 Å². The molecule has 0 N–H and O–H groups in total. The Morgan fingerprint density at radius 3 is 2.77 bits per heavy atom. The average molecular weight is 222 g/mol. The summed E-state index contributed by atoms with van der Waals surface area (Å²) in [5.41, 5.74) is 1.30. The van der Waals surface area contributed by atoms with Gasteiger partial charge in [-0.05, 0) is 48.1 Å². The molecular weight excluding hydrogens is 211 g/mol. The number of rotatable bonds is 5. The summed E-state index contributed by atoms with van der Waals surface area (Å²) in [6, 6.07) is 2.07. The van der Waals surface area contributed by atoms with Crippen molar-refractivity contribution in [1.29, 1.82) is 0 Å². The molecule has 2 nitrogen and oxygen atoms in total. The standard InChI is InChI=1S/C9H12O2S.K/c10-9(11)4-2-1-3-8-5-6-12-7-8;/h5-7H,1-4H2,(H,10,11);/q;+1/p-1. The van der Waals surface area contributed by atoms with Crippen LogP contribution in [0.2, 0.25) is 0 Å². The van der Waals surface area contributed by atoms with E-state index in [2.05, 4.69) is 11.4 Å². The first-order valence-electron chi connectivity index (χ1n) is 4.00. The van der Waals surface area contributed by atoms with Crippen LogP contribution in [0, 0.1) is 0 Å². The quantitative estimate of drug-likeness (QED) is 0.436. The van der Waals surface area contributed by atoms with Crippen LogP contribution in [0.5, 0.6) is 0 Å². The minimum absolute atomic E-state index is 0. The SMILES string of the molecule is O=C([O-])CCCCc1ccsc1.[K+]. The van der Waals surface area contributed by atoms with Gasteiger partial charge in [-0.3, -0.25) is 0 Å². The molecule has 1 aromatic heterocycles. The number of aliphatic carboxylic acids is 1. The zero-order valence-corrected chi connectivity index (χ0v) is 11.7. The number of hydrogen-bond donors (Lipinski definition) is 0. The number of aryl methyl sites for hydroxylation is 1. The van der Waals surface area contributed by atoms with Crippen LogP contribution in [-0.4, -0.2) is 5.97 Å². The molecule has 1 heterocycles. The molecule has 0 aliphatic heterocycles. The van der Waals surface area contributed by atoms with E-state index < -0.39 is 5.97 Å². The van der Waals surface area contributed by atoms with E-state index in [9.17, 15) is 9.90 Å². The molecule has 0 radical (unpaired) electrons. The summed E-state index contributed by atoms with van der Waals surface area (Å²) in [4.78, 5) is 10.1. The van der Waals surface area contributed by atoms with E-state index in [1.807, 2.05) is 5.38 Å². The number of carboxylic acid groups (broad SMARTS) is 1. The third-order valence-corrected chi connectivity index (χ3v) is 2.41. The number of unbranched alkanes of at least 4 members (excludes halogenated alkanes) is 1. The number of thiophene rings is 1. The molecule has 0 aliphatic carbocycles. The Hall–Kier alpha value is 0.806. The van der Waals surface area contributed by atoms with Crippen molar-refractivity contribution in [2.45, 2.75) is 25.7 Å². The molecule has 0 saturated heterocycles. The number of hydrogen-bond acceptors (Lipinski definition) is 3. The van der Waals surface area contributed by atoms with Crippen LogP contribution in [0.25, 0.3) is 0 Å². The van der Waals surface area contributed by atoms with E-state index >= 15 is 0 Å². The maximum absolute atomic E-state index is 10.1. The zero-order chi connectivity index (χ0) is 8.81. The van der Waals surface area contributed by atoms with E-state index in [1.54, 1.807) is 11.3 Å². The van der Waals surface area contributed by atoms with Gasteiger partial charge in [0, 0.05) is 5.97 Å². The second kappa shape index (κ2) is 8.14. The minimum Gasteiger partial charge on any atom is -0.550 e. The van der Waals surface area contributed by atoms with Gasteiger partial charge in [-0.25, -0.2) is 0 Å². The minimum atomic E-state index is -0.944. The third kappa shape index (κ3) is 6.82.